The summed E-state index contributed by atoms with van der Waals surface area (Å²) >= 11 is 0. The summed E-state index contributed by atoms with van der Waals surface area (Å²) in [5, 5.41) is 25.5. The van der Waals surface area contributed by atoms with Crippen molar-refractivity contribution in [3.05, 3.63) is 65.9 Å². The molecule has 212 valence electrons. The second-order valence-electron chi connectivity index (χ2n) is 10.1. The quantitative estimate of drug-likeness (QED) is 0.332. The molecule has 12 heteroatoms. The molecule has 1 fully saturated rings. The van der Waals surface area contributed by atoms with Gasteiger partial charge in [-0.05, 0) is 66.9 Å². The minimum absolute atomic E-state index is 0.0237. The Morgan fingerprint density at radius 1 is 1.05 bits per heavy atom. The molecule has 6 rings (SSSR count). The summed E-state index contributed by atoms with van der Waals surface area (Å²) in [6.45, 7) is 2.30. The predicted molar refractivity (Wildman–Crippen MR) is 146 cm³/mol. The van der Waals surface area contributed by atoms with Gasteiger partial charge in [0.05, 0.1) is 0 Å². The minimum Gasteiger partial charge on any atom is -0.508 e. The van der Waals surface area contributed by atoms with Crippen molar-refractivity contribution in [3.63, 3.8) is 0 Å². The number of anilines is 1. The average Bonchev–Trinajstić information content (AvgIpc) is 3.75. The number of nitrogens with one attached hydrogen (secondary N) is 1. The fourth-order valence-electron chi connectivity index (χ4n) is 5.20. The van der Waals surface area contributed by atoms with Crippen LogP contribution in [0.25, 0.3) is 11.6 Å². The zero-order valence-electron chi connectivity index (χ0n) is 22.5. The summed E-state index contributed by atoms with van der Waals surface area (Å²) < 4.78 is 17.1. The molecule has 0 saturated heterocycles. The number of carbonyl (C=O) groups excluding carboxylic acids is 2. The van der Waals surface area contributed by atoms with Crippen molar-refractivity contribution in [2.45, 2.75) is 51.2 Å². The van der Waals surface area contributed by atoms with Gasteiger partial charge in [-0.2, -0.15) is 4.80 Å². The number of furan rings is 1. The number of benzene rings is 2. The monoisotopic (exact) mass is 558 g/mol. The van der Waals surface area contributed by atoms with E-state index in [1.165, 1.54) is 21.8 Å². The Hall–Kier alpha value is -4.87. The molecule has 1 atom stereocenters. The number of hydrogen-bond acceptors (Lipinski definition) is 9. The van der Waals surface area contributed by atoms with E-state index in [9.17, 15) is 14.7 Å². The molecule has 0 radical (unpaired) electrons. The first-order valence-corrected chi connectivity index (χ1v) is 13.6. The lowest BCUT2D eigenvalue weighted by Gasteiger charge is -2.33. The highest BCUT2D eigenvalue weighted by Gasteiger charge is 2.35. The minimum atomic E-state index is -1.05. The summed E-state index contributed by atoms with van der Waals surface area (Å²) in [5.41, 5.74) is 0.959. The number of amides is 2. The number of rotatable bonds is 8. The second-order valence-corrected chi connectivity index (χ2v) is 10.1. The van der Waals surface area contributed by atoms with Crippen molar-refractivity contribution in [2.24, 2.45) is 0 Å². The van der Waals surface area contributed by atoms with Gasteiger partial charge in [0.15, 0.2) is 17.3 Å². The molecule has 2 N–H and O–H groups in total. The first kappa shape index (κ1) is 26.4. The molecule has 1 unspecified atom stereocenters. The first-order chi connectivity index (χ1) is 19.9. The third-order valence-corrected chi connectivity index (χ3v) is 7.18. The smallest absolute Gasteiger partial charge is 0.251 e. The van der Waals surface area contributed by atoms with Gasteiger partial charge in [-0.1, -0.05) is 25.0 Å². The van der Waals surface area contributed by atoms with Gasteiger partial charge in [-0.15, -0.1) is 10.2 Å². The standard InChI is InChI=1S/C29H30N6O6/c1-18-6-12-24(41-18)28-31-33-34(32-28)17-26(37)35(21-9-13-23-25(16-21)40-15-14-39-23)27(19-7-10-22(36)11-8-19)29(38)30-20-4-2-3-5-20/h6-13,16,20,27,36H,2-5,14-15,17H2,1H3,(H,30,38). The molecule has 2 aromatic carbocycles. The molecule has 2 aromatic heterocycles. The molecule has 1 saturated carbocycles. The van der Waals surface area contributed by atoms with Crippen LogP contribution in [0.2, 0.25) is 0 Å². The molecule has 2 aliphatic rings. The van der Waals surface area contributed by atoms with E-state index in [0.29, 0.717) is 47.5 Å². The fourth-order valence-corrected chi connectivity index (χ4v) is 5.20. The van der Waals surface area contributed by atoms with Gasteiger partial charge >= 0.3 is 0 Å². The van der Waals surface area contributed by atoms with Crippen LogP contribution < -0.4 is 19.7 Å². The van der Waals surface area contributed by atoms with Gasteiger partial charge < -0.3 is 24.3 Å². The molecular formula is C29H30N6O6. The Balaban J connectivity index is 1.38. The van der Waals surface area contributed by atoms with Gasteiger partial charge in [0, 0.05) is 17.8 Å². The Bertz CT molecular complexity index is 1540. The largest absolute Gasteiger partial charge is 0.508 e. The third kappa shape index (κ3) is 5.72. The van der Waals surface area contributed by atoms with Crippen molar-refractivity contribution < 1.29 is 28.6 Å². The number of aromatic hydroxyl groups is 1. The van der Waals surface area contributed by atoms with Crippen LogP contribution in [0.1, 0.15) is 43.0 Å². The summed E-state index contributed by atoms with van der Waals surface area (Å²) in [5.74, 6) is 1.66. The summed E-state index contributed by atoms with van der Waals surface area (Å²) in [6, 6.07) is 13.9. The lowest BCUT2D eigenvalue weighted by atomic mass is 10.0. The highest BCUT2D eigenvalue weighted by Crippen LogP contribution is 2.37. The normalized spacial score (nSPS) is 15.4. The molecular weight excluding hydrogens is 528 g/mol. The van der Waals surface area contributed by atoms with E-state index >= 15 is 0 Å². The maximum absolute atomic E-state index is 14.1. The molecule has 4 aromatic rings. The fraction of sp³-hybridized carbons (Fsp3) is 0.345. The van der Waals surface area contributed by atoms with Gasteiger partial charge in [-0.25, -0.2) is 0 Å². The highest BCUT2D eigenvalue weighted by atomic mass is 16.6. The number of ether oxygens (including phenoxy) is 2. The summed E-state index contributed by atoms with van der Waals surface area (Å²) in [4.78, 5) is 30.7. The molecule has 12 nitrogen and oxygen atoms in total. The van der Waals surface area contributed by atoms with Crippen LogP contribution in [0.15, 0.2) is 59.0 Å². The van der Waals surface area contributed by atoms with Gasteiger partial charge in [0.1, 0.15) is 37.3 Å². The van der Waals surface area contributed by atoms with Crippen LogP contribution in [0.3, 0.4) is 0 Å². The Morgan fingerprint density at radius 2 is 1.80 bits per heavy atom. The van der Waals surface area contributed by atoms with Crippen LogP contribution in [-0.4, -0.2) is 56.4 Å². The second kappa shape index (κ2) is 11.3. The maximum atomic E-state index is 14.1. The number of tetrazole rings is 1. The van der Waals surface area contributed by atoms with Crippen molar-refractivity contribution in [1.82, 2.24) is 25.5 Å². The van der Waals surface area contributed by atoms with Gasteiger partial charge in [-0.3, -0.25) is 14.5 Å². The topological polar surface area (TPSA) is 145 Å². The molecule has 0 spiro atoms. The van der Waals surface area contributed by atoms with Crippen molar-refractivity contribution in [1.29, 1.82) is 0 Å². The van der Waals surface area contributed by atoms with Gasteiger partial charge in [0.2, 0.25) is 11.7 Å². The lowest BCUT2D eigenvalue weighted by Crippen LogP contribution is -2.47. The molecule has 3 heterocycles. The number of aryl methyl sites for hydroxylation is 1. The molecule has 2 amide bonds. The zero-order valence-corrected chi connectivity index (χ0v) is 22.5. The van der Waals surface area contributed by atoms with Crippen LogP contribution in [0.5, 0.6) is 17.2 Å². The van der Waals surface area contributed by atoms with E-state index < -0.39 is 11.9 Å². The first-order valence-electron chi connectivity index (χ1n) is 13.6. The lowest BCUT2D eigenvalue weighted by molar-refractivity contribution is -0.127. The highest BCUT2D eigenvalue weighted by molar-refractivity contribution is 6.01. The number of aromatic nitrogens is 4. The molecule has 41 heavy (non-hydrogen) atoms. The summed E-state index contributed by atoms with van der Waals surface area (Å²) in [6.07, 6.45) is 3.83. The molecule has 1 aliphatic heterocycles. The number of phenols is 1. The molecule has 0 bridgehead atoms. The maximum Gasteiger partial charge on any atom is 0.251 e. The van der Waals surface area contributed by atoms with E-state index in [2.05, 4.69) is 20.7 Å². The van der Waals surface area contributed by atoms with Crippen molar-refractivity contribution in [2.75, 3.05) is 18.1 Å². The van der Waals surface area contributed by atoms with Crippen LogP contribution in [-0.2, 0) is 16.1 Å². The van der Waals surface area contributed by atoms with Crippen LogP contribution >= 0.6 is 0 Å². The number of phenolic OH excluding ortho intramolecular Hbond substituents is 1. The van der Waals surface area contributed by atoms with E-state index in [4.69, 9.17) is 13.9 Å². The van der Waals surface area contributed by atoms with E-state index in [1.54, 1.807) is 42.5 Å². The number of nitrogens with zero attached hydrogens (tertiary/aromatic N) is 5. The molecule has 1 aliphatic carbocycles. The van der Waals surface area contributed by atoms with Crippen LogP contribution in [0, 0.1) is 6.92 Å². The SMILES string of the molecule is Cc1ccc(-c2nnn(CC(=O)N(c3ccc4c(c3)OCCO4)C(C(=O)NC3CCCC3)c3ccc(O)cc3)n2)o1. The number of fused-ring (bicyclic) bond motifs is 1. The Morgan fingerprint density at radius 3 is 2.54 bits per heavy atom. The number of carbonyl (C=O) groups is 2. The van der Waals surface area contributed by atoms with E-state index in [1.807, 2.05) is 6.92 Å². The predicted octanol–water partition coefficient (Wildman–Crippen LogP) is 3.55. The summed E-state index contributed by atoms with van der Waals surface area (Å²) in [7, 11) is 0. The van der Waals surface area contributed by atoms with Gasteiger partial charge in [0.25, 0.3) is 5.91 Å². The van der Waals surface area contributed by atoms with Crippen molar-refractivity contribution in [3.8, 4) is 28.8 Å². The third-order valence-electron chi connectivity index (χ3n) is 7.18. The average molecular weight is 559 g/mol. The Labute approximate surface area is 235 Å². The van der Waals surface area contributed by atoms with E-state index in [0.717, 1.165) is 25.7 Å². The van der Waals surface area contributed by atoms with Crippen LogP contribution in [0.4, 0.5) is 5.69 Å². The van der Waals surface area contributed by atoms with Crippen molar-refractivity contribution >= 4 is 17.5 Å². The number of hydrogen-bond donors (Lipinski definition) is 2. The Kier molecular flexibility index (Phi) is 7.28. The zero-order chi connectivity index (χ0) is 28.3. The van der Waals surface area contributed by atoms with E-state index in [-0.39, 0.29) is 30.1 Å².